The van der Waals surface area contributed by atoms with Gasteiger partial charge in [0, 0.05) is 23.3 Å². The van der Waals surface area contributed by atoms with Crippen molar-refractivity contribution in [2.45, 2.75) is 19.9 Å². The summed E-state index contributed by atoms with van der Waals surface area (Å²) in [6, 6.07) is 7.31. The maximum Gasteiger partial charge on any atom is 0.252 e. The smallest absolute Gasteiger partial charge is 0.252 e. The van der Waals surface area contributed by atoms with Crippen molar-refractivity contribution in [3.63, 3.8) is 0 Å². The van der Waals surface area contributed by atoms with Gasteiger partial charge in [-0.1, -0.05) is 12.1 Å². The second-order valence-corrected chi connectivity index (χ2v) is 5.37. The summed E-state index contributed by atoms with van der Waals surface area (Å²) in [7, 11) is 1.87. The maximum absolute atomic E-state index is 12.2. The SMILES string of the molecule is Cc1nn(C)cc1C(C)NC(=O)c1ccccc1Br. The van der Waals surface area contributed by atoms with Crippen LogP contribution < -0.4 is 5.32 Å². The largest absolute Gasteiger partial charge is 0.345 e. The number of hydrogen-bond acceptors (Lipinski definition) is 2. The Kier molecular flexibility index (Phi) is 4.04. The van der Waals surface area contributed by atoms with Gasteiger partial charge in [0.15, 0.2) is 0 Å². The Morgan fingerprint density at radius 1 is 1.42 bits per heavy atom. The van der Waals surface area contributed by atoms with E-state index in [0.29, 0.717) is 5.56 Å². The second kappa shape index (κ2) is 5.57. The summed E-state index contributed by atoms with van der Waals surface area (Å²) in [5.74, 6) is -0.0942. The molecule has 0 aliphatic heterocycles. The molecule has 1 aromatic heterocycles. The van der Waals surface area contributed by atoms with Gasteiger partial charge in [-0.05, 0) is 41.9 Å². The summed E-state index contributed by atoms with van der Waals surface area (Å²) < 4.78 is 2.55. The second-order valence-electron chi connectivity index (χ2n) is 4.52. The molecule has 0 saturated heterocycles. The van der Waals surface area contributed by atoms with E-state index in [1.807, 2.05) is 45.3 Å². The van der Waals surface area contributed by atoms with Crippen LogP contribution in [0.2, 0.25) is 0 Å². The van der Waals surface area contributed by atoms with Crippen LogP contribution >= 0.6 is 15.9 Å². The zero-order valence-electron chi connectivity index (χ0n) is 11.1. The highest BCUT2D eigenvalue weighted by atomic mass is 79.9. The molecule has 19 heavy (non-hydrogen) atoms. The quantitative estimate of drug-likeness (QED) is 0.944. The summed E-state index contributed by atoms with van der Waals surface area (Å²) >= 11 is 3.38. The van der Waals surface area contributed by atoms with E-state index in [1.54, 1.807) is 10.7 Å². The third-order valence-electron chi connectivity index (χ3n) is 2.98. The number of amides is 1. The number of rotatable bonds is 3. The number of hydrogen-bond donors (Lipinski definition) is 1. The first-order valence-electron chi connectivity index (χ1n) is 6.04. The van der Waals surface area contributed by atoms with Crippen LogP contribution in [0.1, 0.15) is 34.6 Å². The van der Waals surface area contributed by atoms with Gasteiger partial charge in [-0.2, -0.15) is 5.10 Å². The highest BCUT2D eigenvalue weighted by Gasteiger charge is 2.16. The van der Waals surface area contributed by atoms with Crippen LogP contribution in [0, 0.1) is 6.92 Å². The molecule has 0 spiro atoms. The van der Waals surface area contributed by atoms with Crippen LogP contribution in [0.5, 0.6) is 0 Å². The molecular weight excluding hydrogens is 306 g/mol. The Morgan fingerprint density at radius 3 is 2.68 bits per heavy atom. The number of aryl methyl sites for hydroxylation is 2. The first kappa shape index (κ1) is 13.8. The first-order chi connectivity index (χ1) is 8.99. The first-order valence-corrected chi connectivity index (χ1v) is 6.84. The molecule has 0 radical (unpaired) electrons. The number of halogens is 1. The fourth-order valence-electron chi connectivity index (χ4n) is 2.04. The Morgan fingerprint density at radius 2 is 2.11 bits per heavy atom. The molecule has 0 aliphatic carbocycles. The predicted octanol–water partition coefficient (Wildman–Crippen LogP) is 2.98. The van der Waals surface area contributed by atoms with Crippen LogP contribution in [-0.4, -0.2) is 15.7 Å². The molecule has 2 rings (SSSR count). The van der Waals surface area contributed by atoms with Gasteiger partial charge in [-0.25, -0.2) is 0 Å². The lowest BCUT2D eigenvalue weighted by Crippen LogP contribution is -2.27. The Balaban J connectivity index is 2.15. The molecule has 5 heteroatoms. The fraction of sp³-hybridized carbons (Fsp3) is 0.286. The Bertz CT molecular complexity index is 606. The molecule has 1 atom stereocenters. The van der Waals surface area contributed by atoms with Crippen LogP contribution in [-0.2, 0) is 7.05 Å². The third kappa shape index (κ3) is 3.04. The minimum absolute atomic E-state index is 0.0756. The number of benzene rings is 1. The average Bonchev–Trinajstić information content (AvgIpc) is 2.69. The van der Waals surface area contributed by atoms with E-state index in [-0.39, 0.29) is 11.9 Å². The summed E-state index contributed by atoms with van der Waals surface area (Å²) in [4.78, 5) is 12.2. The average molecular weight is 322 g/mol. The zero-order valence-corrected chi connectivity index (χ0v) is 12.7. The molecule has 0 aliphatic rings. The highest BCUT2D eigenvalue weighted by Crippen LogP contribution is 2.19. The van der Waals surface area contributed by atoms with Gasteiger partial charge in [-0.15, -0.1) is 0 Å². The summed E-state index contributed by atoms with van der Waals surface area (Å²) in [6.45, 7) is 3.90. The minimum Gasteiger partial charge on any atom is -0.345 e. The lowest BCUT2D eigenvalue weighted by Gasteiger charge is -2.14. The number of aromatic nitrogens is 2. The molecule has 1 N–H and O–H groups in total. The number of nitrogens with one attached hydrogen (secondary N) is 1. The highest BCUT2D eigenvalue weighted by molar-refractivity contribution is 9.10. The van der Waals surface area contributed by atoms with Crippen LogP contribution in [0.4, 0.5) is 0 Å². The molecule has 0 saturated carbocycles. The van der Waals surface area contributed by atoms with Crippen molar-refractivity contribution < 1.29 is 4.79 Å². The van der Waals surface area contributed by atoms with Crippen molar-refractivity contribution >= 4 is 21.8 Å². The fourth-order valence-corrected chi connectivity index (χ4v) is 2.51. The van der Waals surface area contributed by atoms with Gasteiger partial charge < -0.3 is 5.32 Å². The number of carbonyl (C=O) groups excluding carboxylic acids is 1. The standard InChI is InChI=1S/C14H16BrN3O/c1-9(12-8-18(3)17-10(12)2)16-14(19)11-6-4-5-7-13(11)15/h4-9H,1-3H3,(H,16,19). The van der Waals surface area contributed by atoms with Crippen molar-refractivity contribution in [3.8, 4) is 0 Å². The molecule has 1 aromatic carbocycles. The minimum atomic E-state index is -0.0942. The van der Waals surface area contributed by atoms with Crippen molar-refractivity contribution in [2.24, 2.45) is 7.05 Å². The van der Waals surface area contributed by atoms with Gasteiger partial charge in [0.1, 0.15) is 0 Å². The van der Waals surface area contributed by atoms with E-state index in [2.05, 4.69) is 26.3 Å². The molecule has 2 aromatic rings. The van der Waals surface area contributed by atoms with Gasteiger partial charge in [0.2, 0.25) is 0 Å². The van der Waals surface area contributed by atoms with Gasteiger partial charge in [0.05, 0.1) is 17.3 Å². The maximum atomic E-state index is 12.2. The molecule has 0 fully saturated rings. The van der Waals surface area contributed by atoms with E-state index in [9.17, 15) is 4.79 Å². The number of carbonyl (C=O) groups is 1. The van der Waals surface area contributed by atoms with E-state index in [4.69, 9.17) is 0 Å². The molecule has 4 nitrogen and oxygen atoms in total. The van der Waals surface area contributed by atoms with Gasteiger partial charge in [0.25, 0.3) is 5.91 Å². The molecule has 1 heterocycles. The van der Waals surface area contributed by atoms with Crippen molar-refractivity contribution in [2.75, 3.05) is 0 Å². The van der Waals surface area contributed by atoms with Crippen LogP contribution in [0.3, 0.4) is 0 Å². The normalized spacial score (nSPS) is 12.2. The third-order valence-corrected chi connectivity index (χ3v) is 3.68. The Labute approximate surface area is 120 Å². The monoisotopic (exact) mass is 321 g/mol. The topological polar surface area (TPSA) is 46.9 Å². The molecule has 0 bridgehead atoms. The van der Waals surface area contributed by atoms with Crippen molar-refractivity contribution in [3.05, 3.63) is 51.8 Å². The predicted molar refractivity (Wildman–Crippen MR) is 78.0 cm³/mol. The van der Waals surface area contributed by atoms with Crippen molar-refractivity contribution in [1.29, 1.82) is 0 Å². The molecule has 100 valence electrons. The van der Waals surface area contributed by atoms with Gasteiger partial charge >= 0.3 is 0 Å². The molecule has 1 unspecified atom stereocenters. The van der Waals surface area contributed by atoms with E-state index < -0.39 is 0 Å². The van der Waals surface area contributed by atoms with E-state index >= 15 is 0 Å². The van der Waals surface area contributed by atoms with Gasteiger partial charge in [-0.3, -0.25) is 9.48 Å². The zero-order chi connectivity index (χ0) is 14.0. The summed E-state index contributed by atoms with van der Waals surface area (Å²) in [6.07, 6.45) is 1.93. The summed E-state index contributed by atoms with van der Waals surface area (Å²) in [5.41, 5.74) is 2.60. The lowest BCUT2D eigenvalue weighted by molar-refractivity contribution is 0.0939. The summed E-state index contributed by atoms with van der Waals surface area (Å²) in [5, 5.41) is 7.27. The molecular formula is C14H16BrN3O. The molecule has 1 amide bonds. The Hall–Kier alpha value is -1.62. The van der Waals surface area contributed by atoms with E-state index in [0.717, 1.165) is 15.7 Å². The number of nitrogens with zero attached hydrogens (tertiary/aromatic N) is 2. The van der Waals surface area contributed by atoms with E-state index in [1.165, 1.54) is 0 Å². The van der Waals surface area contributed by atoms with Crippen molar-refractivity contribution in [1.82, 2.24) is 15.1 Å². The lowest BCUT2D eigenvalue weighted by atomic mass is 10.1. The van der Waals surface area contributed by atoms with Crippen LogP contribution in [0.25, 0.3) is 0 Å². The van der Waals surface area contributed by atoms with Crippen LogP contribution in [0.15, 0.2) is 34.9 Å².